The van der Waals surface area contributed by atoms with Gasteiger partial charge in [0.1, 0.15) is 5.75 Å². The Morgan fingerprint density at radius 3 is 2.50 bits per heavy atom. The number of hydrogen-bond acceptors (Lipinski definition) is 2. The van der Waals surface area contributed by atoms with E-state index in [4.69, 9.17) is 4.74 Å². The molecule has 2 nitrogen and oxygen atoms in total. The highest BCUT2D eigenvalue weighted by atomic mass is 79.9. The molecule has 0 atom stereocenters. The number of rotatable bonds is 8. The molecular weight excluding hydrogens is 340 g/mol. The number of carbonyl (C=O) groups excluding carboxylic acids is 1. The fraction of sp³-hybridized carbons (Fsp3) is 0.211. The van der Waals surface area contributed by atoms with Crippen LogP contribution in [0.4, 0.5) is 0 Å². The predicted molar refractivity (Wildman–Crippen MR) is 94.8 cm³/mol. The molecule has 2 aromatic rings. The van der Waals surface area contributed by atoms with Crippen LogP contribution in [0.25, 0.3) is 6.08 Å². The first kappa shape index (κ1) is 16.5. The van der Waals surface area contributed by atoms with E-state index in [9.17, 15) is 4.79 Å². The zero-order valence-electron chi connectivity index (χ0n) is 12.4. The van der Waals surface area contributed by atoms with Crippen LogP contribution in [0.1, 0.15) is 28.8 Å². The second-order valence-corrected chi connectivity index (χ2v) is 5.64. The maximum absolute atomic E-state index is 12.1. The molecule has 0 unspecified atom stereocenters. The fourth-order valence-electron chi connectivity index (χ4n) is 1.99. The summed E-state index contributed by atoms with van der Waals surface area (Å²) in [5.74, 6) is 0.809. The molecule has 0 heterocycles. The molecule has 0 saturated heterocycles. The Kier molecular flexibility index (Phi) is 6.91. The summed E-state index contributed by atoms with van der Waals surface area (Å²) in [7, 11) is 0. The summed E-state index contributed by atoms with van der Waals surface area (Å²) in [5.41, 5.74) is 1.61. The van der Waals surface area contributed by atoms with Gasteiger partial charge in [-0.1, -0.05) is 64.5 Å². The Labute approximate surface area is 139 Å². The number of benzene rings is 2. The lowest BCUT2D eigenvalue weighted by Crippen LogP contribution is -1.99. The minimum absolute atomic E-state index is 0.00491. The Hall–Kier alpha value is -1.87. The van der Waals surface area contributed by atoms with Crippen molar-refractivity contribution in [1.29, 1.82) is 0 Å². The van der Waals surface area contributed by atoms with Gasteiger partial charge in [-0.25, -0.2) is 0 Å². The van der Waals surface area contributed by atoms with Gasteiger partial charge in [0, 0.05) is 16.5 Å². The summed E-state index contributed by atoms with van der Waals surface area (Å²) in [6.07, 6.45) is 5.50. The van der Waals surface area contributed by atoms with Crippen molar-refractivity contribution in [2.45, 2.75) is 12.8 Å². The summed E-state index contributed by atoms with van der Waals surface area (Å²) in [6.45, 7) is 0.684. The molecule has 0 radical (unpaired) electrons. The third kappa shape index (κ3) is 5.15. The first-order valence-corrected chi connectivity index (χ1v) is 8.48. The first-order chi connectivity index (χ1) is 10.8. The molecule has 0 saturated carbocycles. The van der Waals surface area contributed by atoms with Crippen molar-refractivity contribution in [2.24, 2.45) is 0 Å². The van der Waals surface area contributed by atoms with Crippen LogP contribution in [0.3, 0.4) is 0 Å². The lowest BCUT2D eigenvalue weighted by molar-refractivity contribution is 0.104. The van der Waals surface area contributed by atoms with Crippen LogP contribution in [0.5, 0.6) is 5.75 Å². The summed E-state index contributed by atoms with van der Waals surface area (Å²) in [5, 5.41) is 0.990. The highest BCUT2D eigenvalue weighted by molar-refractivity contribution is 9.09. The fourth-order valence-corrected chi connectivity index (χ4v) is 2.39. The van der Waals surface area contributed by atoms with Gasteiger partial charge in [0.15, 0.2) is 5.78 Å². The lowest BCUT2D eigenvalue weighted by Gasteiger charge is -2.08. The molecule has 22 heavy (non-hydrogen) atoms. The van der Waals surface area contributed by atoms with Gasteiger partial charge in [-0.15, -0.1) is 0 Å². The van der Waals surface area contributed by atoms with Crippen molar-refractivity contribution in [1.82, 2.24) is 0 Å². The molecule has 0 aliphatic carbocycles. The van der Waals surface area contributed by atoms with Crippen molar-refractivity contribution in [3.05, 3.63) is 71.8 Å². The average Bonchev–Trinajstić information content (AvgIpc) is 2.58. The van der Waals surface area contributed by atoms with Crippen molar-refractivity contribution >= 4 is 27.8 Å². The number of halogens is 1. The molecule has 0 bridgehead atoms. The van der Waals surface area contributed by atoms with E-state index in [1.54, 1.807) is 6.08 Å². The van der Waals surface area contributed by atoms with Gasteiger partial charge < -0.3 is 4.74 Å². The smallest absolute Gasteiger partial charge is 0.185 e. The molecule has 0 fully saturated rings. The molecule has 2 rings (SSSR count). The molecule has 0 amide bonds. The van der Waals surface area contributed by atoms with Crippen molar-refractivity contribution in [2.75, 3.05) is 11.9 Å². The number of allylic oxidation sites excluding steroid dienone is 1. The number of para-hydroxylation sites is 1. The van der Waals surface area contributed by atoms with E-state index >= 15 is 0 Å². The molecule has 0 aromatic heterocycles. The van der Waals surface area contributed by atoms with Crippen LogP contribution >= 0.6 is 15.9 Å². The van der Waals surface area contributed by atoms with Crippen LogP contribution in [0, 0.1) is 0 Å². The van der Waals surface area contributed by atoms with Crippen molar-refractivity contribution in [3.8, 4) is 5.75 Å². The molecule has 0 aliphatic heterocycles. The standard InChI is InChI=1S/C19H19BrO2/c20-14-6-7-15-22-19-11-5-4-10-17(19)12-13-18(21)16-8-2-1-3-9-16/h1-5,8-13H,6-7,14-15H2/b13-12+. The Morgan fingerprint density at radius 2 is 1.73 bits per heavy atom. The third-order valence-corrected chi connectivity index (χ3v) is 3.74. The van der Waals surface area contributed by atoms with E-state index < -0.39 is 0 Å². The monoisotopic (exact) mass is 358 g/mol. The predicted octanol–water partition coefficient (Wildman–Crippen LogP) is 5.14. The van der Waals surface area contributed by atoms with Crippen molar-refractivity contribution < 1.29 is 9.53 Å². The van der Waals surface area contributed by atoms with E-state index in [2.05, 4.69) is 15.9 Å². The second kappa shape index (κ2) is 9.21. The van der Waals surface area contributed by atoms with E-state index in [1.165, 1.54) is 0 Å². The Morgan fingerprint density at radius 1 is 1.00 bits per heavy atom. The van der Waals surface area contributed by atoms with Gasteiger partial charge >= 0.3 is 0 Å². The molecule has 0 aliphatic rings. The molecule has 2 aromatic carbocycles. The first-order valence-electron chi connectivity index (χ1n) is 7.36. The van der Waals surface area contributed by atoms with E-state index in [0.717, 1.165) is 29.5 Å². The van der Waals surface area contributed by atoms with Gasteiger partial charge in [0.05, 0.1) is 6.61 Å². The average molecular weight is 359 g/mol. The lowest BCUT2D eigenvalue weighted by atomic mass is 10.1. The van der Waals surface area contributed by atoms with Crippen LogP contribution in [-0.2, 0) is 0 Å². The van der Waals surface area contributed by atoms with E-state index in [0.29, 0.717) is 12.2 Å². The van der Waals surface area contributed by atoms with E-state index in [1.807, 2.05) is 60.7 Å². The summed E-state index contributed by atoms with van der Waals surface area (Å²) in [4.78, 5) is 12.1. The highest BCUT2D eigenvalue weighted by Crippen LogP contribution is 2.20. The molecular formula is C19H19BrO2. The number of ether oxygens (including phenoxy) is 1. The quantitative estimate of drug-likeness (QED) is 0.282. The van der Waals surface area contributed by atoms with Crippen LogP contribution in [-0.4, -0.2) is 17.7 Å². The maximum atomic E-state index is 12.1. The van der Waals surface area contributed by atoms with Gasteiger partial charge in [-0.3, -0.25) is 4.79 Å². The molecule has 0 N–H and O–H groups in total. The third-order valence-electron chi connectivity index (χ3n) is 3.18. The Balaban J connectivity index is 2.02. The minimum Gasteiger partial charge on any atom is -0.493 e. The molecule has 0 spiro atoms. The topological polar surface area (TPSA) is 26.3 Å². The zero-order valence-corrected chi connectivity index (χ0v) is 14.0. The number of alkyl halides is 1. The van der Waals surface area contributed by atoms with Gasteiger partial charge in [0.25, 0.3) is 0 Å². The van der Waals surface area contributed by atoms with Crippen LogP contribution in [0.15, 0.2) is 60.7 Å². The maximum Gasteiger partial charge on any atom is 0.185 e. The van der Waals surface area contributed by atoms with Crippen LogP contribution in [0.2, 0.25) is 0 Å². The summed E-state index contributed by atoms with van der Waals surface area (Å²) < 4.78 is 5.79. The van der Waals surface area contributed by atoms with Crippen LogP contribution < -0.4 is 4.74 Å². The number of ketones is 1. The zero-order chi connectivity index (χ0) is 15.6. The van der Waals surface area contributed by atoms with E-state index in [-0.39, 0.29) is 5.78 Å². The SMILES string of the molecule is O=C(/C=C/c1ccccc1OCCCCBr)c1ccccc1. The molecule has 114 valence electrons. The second-order valence-electron chi connectivity index (χ2n) is 4.85. The summed E-state index contributed by atoms with van der Waals surface area (Å²) >= 11 is 3.41. The van der Waals surface area contributed by atoms with Gasteiger partial charge in [-0.05, 0) is 31.1 Å². The number of carbonyl (C=O) groups is 1. The largest absolute Gasteiger partial charge is 0.493 e. The van der Waals surface area contributed by atoms with Gasteiger partial charge in [-0.2, -0.15) is 0 Å². The Bertz CT molecular complexity index is 620. The normalized spacial score (nSPS) is 10.8. The number of hydrogen-bond donors (Lipinski definition) is 0. The summed E-state index contributed by atoms with van der Waals surface area (Å²) in [6, 6.07) is 17.0. The highest BCUT2D eigenvalue weighted by Gasteiger charge is 2.03. The molecule has 3 heteroatoms. The van der Waals surface area contributed by atoms with Crippen molar-refractivity contribution in [3.63, 3.8) is 0 Å². The van der Waals surface area contributed by atoms with Gasteiger partial charge in [0.2, 0.25) is 0 Å². The minimum atomic E-state index is -0.00491. The number of unbranched alkanes of at least 4 members (excludes halogenated alkanes) is 1.